The molecular weight excluding hydrogens is 410 g/mol. The average molecular weight is 438 g/mol. The number of hydrogen-bond donors (Lipinski definition) is 1. The Morgan fingerprint density at radius 1 is 1.00 bits per heavy atom. The molecule has 3 aromatic carbocycles. The van der Waals surface area contributed by atoms with Crippen molar-refractivity contribution in [3.8, 4) is 17.6 Å². The quantitative estimate of drug-likeness (QED) is 0.334. The Kier molecular flexibility index (Phi) is 6.46. The maximum absolute atomic E-state index is 9.74. The van der Waals surface area contributed by atoms with Crippen LogP contribution in [-0.2, 0) is 6.61 Å². The molecule has 4 aromatic rings. The van der Waals surface area contributed by atoms with Crippen molar-refractivity contribution in [1.82, 2.24) is 9.97 Å². The average Bonchev–Trinajstić information content (AvgIpc) is 3.22. The molecule has 0 radical (unpaired) electrons. The summed E-state index contributed by atoms with van der Waals surface area (Å²) in [6.07, 6.45) is 1.80. The van der Waals surface area contributed by atoms with Gasteiger partial charge in [0.2, 0.25) is 0 Å². The van der Waals surface area contributed by atoms with Gasteiger partial charge in [-0.25, -0.2) is 4.98 Å². The van der Waals surface area contributed by atoms with Crippen LogP contribution in [0.3, 0.4) is 0 Å². The van der Waals surface area contributed by atoms with Gasteiger partial charge in [0.15, 0.2) is 11.5 Å². The van der Waals surface area contributed by atoms with Gasteiger partial charge in [0.05, 0.1) is 23.2 Å². The summed E-state index contributed by atoms with van der Waals surface area (Å²) in [5.74, 6) is 1.87. The van der Waals surface area contributed by atoms with Crippen LogP contribution in [0.2, 0.25) is 0 Å². The molecule has 1 heterocycles. The number of aromatic nitrogens is 2. The number of H-pyrrole nitrogens is 1. The van der Waals surface area contributed by atoms with Crippen LogP contribution >= 0.6 is 0 Å². The summed E-state index contributed by atoms with van der Waals surface area (Å²) < 4.78 is 12.0. The Morgan fingerprint density at radius 3 is 2.45 bits per heavy atom. The van der Waals surface area contributed by atoms with Crippen LogP contribution in [0.1, 0.15) is 40.6 Å². The van der Waals surface area contributed by atoms with Gasteiger partial charge in [0.1, 0.15) is 18.5 Å². The van der Waals surface area contributed by atoms with E-state index < -0.39 is 0 Å². The number of nitrogens with one attached hydrogen (secondary N) is 1. The summed E-state index contributed by atoms with van der Waals surface area (Å²) in [6.45, 7) is 9.24. The summed E-state index contributed by atoms with van der Waals surface area (Å²) in [5, 5.41) is 9.74. The lowest BCUT2D eigenvalue weighted by molar-refractivity contribution is 0.268. The molecule has 0 fully saturated rings. The van der Waals surface area contributed by atoms with E-state index in [2.05, 4.69) is 48.9 Å². The van der Waals surface area contributed by atoms with Crippen molar-refractivity contribution in [2.24, 2.45) is 0 Å². The lowest BCUT2D eigenvalue weighted by Gasteiger charge is -2.15. The monoisotopic (exact) mass is 437 g/mol. The summed E-state index contributed by atoms with van der Waals surface area (Å²) in [4.78, 5) is 7.75. The van der Waals surface area contributed by atoms with Crippen LogP contribution in [0.15, 0.2) is 54.6 Å². The van der Waals surface area contributed by atoms with Crippen molar-refractivity contribution in [2.45, 2.75) is 34.3 Å². The number of fused-ring (bicyclic) bond motifs is 1. The fourth-order valence-corrected chi connectivity index (χ4v) is 3.99. The fourth-order valence-electron chi connectivity index (χ4n) is 3.99. The van der Waals surface area contributed by atoms with Crippen LogP contribution in [0.5, 0.6) is 11.5 Å². The summed E-state index contributed by atoms with van der Waals surface area (Å²) >= 11 is 0. The number of rotatable bonds is 7. The molecule has 0 saturated heterocycles. The molecule has 0 unspecified atom stereocenters. The molecule has 0 bridgehead atoms. The standard InChI is InChI=1S/C28H27N3O2/c1-5-32-27-15-21(14-22(16-29)28-30-24-8-6-7-9-25(24)31-28)10-11-26(27)33-17-23-19(3)12-18(2)13-20(23)4/h6-15H,5,17H2,1-4H3,(H,30,31). The van der Waals surface area contributed by atoms with E-state index >= 15 is 0 Å². The van der Waals surface area contributed by atoms with E-state index in [9.17, 15) is 5.26 Å². The summed E-state index contributed by atoms with van der Waals surface area (Å²) in [7, 11) is 0. The predicted octanol–water partition coefficient (Wildman–Crippen LogP) is 6.53. The number of aromatic amines is 1. The van der Waals surface area contributed by atoms with Gasteiger partial charge < -0.3 is 14.5 Å². The van der Waals surface area contributed by atoms with Crippen molar-refractivity contribution < 1.29 is 9.47 Å². The highest BCUT2D eigenvalue weighted by atomic mass is 16.5. The number of imidazole rings is 1. The third-order valence-corrected chi connectivity index (χ3v) is 5.56. The van der Waals surface area contributed by atoms with Crippen LogP contribution in [-0.4, -0.2) is 16.6 Å². The predicted molar refractivity (Wildman–Crippen MR) is 132 cm³/mol. The first-order chi connectivity index (χ1) is 16.0. The van der Waals surface area contributed by atoms with Gasteiger partial charge in [0, 0.05) is 0 Å². The Hall–Kier alpha value is -4.04. The first-order valence-corrected chi connectivity index (χ1v) is 11.0. The van der Waals surface area contributed by atoms with Gasteiger partial charge in [-0.3, -0.25) is 0 Å². The van der Waals surface area contributed by atoms with Crippen molar-refractivity contribution in [3.63, 3.8) is 0 Å². The van der Waals surface area contributed by atoms with Crippen molar-refractivity contribution >= 4 is 22.7 Å². The third kappa shape index (κ3) is 4.91. The minimum absolute atomic E-state index is 0.452. The molecule has 5 nitrogen and oxygen atoms in total. The van der Waals surface area contributed by atoms with E-state index in [1.54, 1.807) is 6.08 Å². The van der Waals surface area contributed by atoms with Gasteiger partial charge in [-0.05, 0) is 80.3 Å². The Labute approximate surface area is 194 Å². The van der Waals surface area contributed by atoms with Crippen molar-refractivity contribution in [2.75, 3.05) is 6.61 Å². The first kappa shape index (κ1) is 22.2. The lowest BCUT2D eigenvalue weighted by Crippen LogP contribution is -2.03. The number of allylic oxidation sites excluding steroid dienone is 1. The topological polar surface area (TPSA) is 70.9 Å². The number of aryl methyl sites for hydroxylation is 3. The highest BCUT2D eigenvalue weighted by Gasteiger charge is 2.12. The second-order valence-corrected chi connectivity index (χ2v) is 8.08. The molecule has 0 aliphatic carbocycles. The molecular formula is C28H27N3O2. The largest absolute Gasteiger partial charge is 0.490 e. The Morgan fingerprint density at radius 2 is 1.76 bits per heavy atom. The maximum atomic E-state index is 9.74. The van der Waals surface area contributed by atoms with E-state index in [-0.39, 0.29) is 0 Å². The van der Waals surface area contributed by atoms with Gasteiger partial charge in [0.25, 0.3) is 0 Å². The second kappa shape index (κ2) is 9.62. The van der Waals surface area contributed by atoms with Crippen LogP contribution in [0.25, 0.3) is 22.7 Å². The SMILES string of the molecule is CCOc1cc(C=C(C#N)c2nc3ccccc3[nH]2)ccc1OCc1c(C)cc(C)cc1C. The molecule has 5 heteroatoms. The molecule has 0 saturated carbocycles. The molecule has 1 N–H and O–H groups in total. The number of benzene rings is 3. The number of hydrogen-bond acceptors (Lipinski definition) is 4. The van der Waals surface area contributed by atoms with Gasteiger partial charge in [-0.15, -0.1) is 0 Å². The second-order valence-electron chi connectivity index (χ2n) is 8.08. The van der Waals surface area contributed by atoms with E-state index in [4.69, 9.17) is 9.47 Å². The molecule has 166 valence electrons. The van der Waals surface area contributed by atoms with E-state index in [0.29, 0.717) is 36.1 Å². The number of ether oxygens (including phenoxy) is 2. The minimum atomic E-state index is 0.452. The first-order valence-electron chi connectivity index (χ1n) is 11.0. The Bertz CT molecular complexity index is 1320. The summed E-state index contributed by atoms with van der Waals surface area (Å²) in [6, 6.07) is 20.0. The molecule has 0 amide bonds. The zero-order valence-corrected chi connectivity index (χ0v) is 19.4. The number of nitriles is 1. The number of para-hydroxylation sites is 2. The number of nitrogens with zero attached hydrogens (tertiary/aromatic N) is 2. The lowest BCUT2D eigenvalue weighted by atomic mass is 10.0. The van der Waals surface area contributed by atoms with E-state index in [1.165, 1.54) is 22.3 Å². The fraction of sp³-hybridized carbons (Fsp3) is 0.214. The zero-order valence-electron chi connectivity index (χ0n) is 19.4. The molecule has 0 spiro atoms. The molecule has 0 aliphatic rings. The van der Waals surface area contributed by atoms with E-state index in [1.807, 2.05) is 49.4 Å². The highest BCUT2D eigenvalue weighted by Crippen LogP contribution is 2.31. The normalized spacial score (nSPS) is 11.4. The molecule has 4 rings (SSSR count). The summed E-state index contributed by atoms with van der Waals surface area (Å²) in [5.41, 5.74) is 7.88. The maximum Gasteiger partial charge on any atom is 0.161 e. The smallest absolute Gasteiger partial charge is 0.161 e. The molecule has 0 aliphatic heterocycles. The van der Waals surface area contributed by atoms with Crippen LogP contribution < -0.4 is 9.47 Å². The van der Waals surface area contributed by atoms with Gasteiger partial charge in [-0.2, -0.15) is 5.26 Å². The molecule has 1 aromatic heterocycles. The van der Waals surface area contributed by atoms with E-state index in [0.717, 1.165) is 16.6 Å². The van der Waals surface area contributed by atoms with Crippen LogP contribution in [0.4, 0.5) is 0 Å². The van der Waals surface area contributed by atoms with Crippen LogP contribution in [0, 0.1) is 32.1 Å². The molecule has 33 heavy (non-hydrogen) atoms. The van der Waals surface area contributed by atoms with Crippen molar-refractivity contribution in [3.05, 3.63) is 88.2 Å². The van der Waals surface area contributed by atoms with Gasteiger partial charge >= 0.3 is 0 Å². The van der Waals surface area contributed by atoms with Gasteiger partial charge in [-0.1, -0.05) is 35.9 Å². The zero-order chi connectivity index (χ0) is 23.4. The minimum Gasteiger partial charge on any atom is -0.490 e. The van der Waals surface area contributed by atoms with Crippen molar-refractivity contribution in [1.29, 1.82) is 5.26 Å². The molecule has 0 atom stereocenters. The highest BCUT2D eigenvalue weighted by molar-refractivity contribution is 5.90. The Balaban J connectivity index is 1.61. The third-order valence-electron chi connectivity index (χ3n) is 5.56.